The molecule has 1 N–H and O–H groups in total. The molecule has 1 aliphatic heterocycles. The maximum absolute atomic E-state index is 12.7. The molecular formula is C16H20N2O2. The molecule has 0 bridgehead atoms. The first-order valence-electron chi connectivity index (χ1n) is 7.41. The summed E-state index contributed by atoms with van der Waals surface area (Å²) in [5.41, 5.74) is 3.38. The van der Waals surface area contributed by atoms with Gasteiger partial charge in [-0.2, -0.15) is 0 Å². The third-order valence-electron chi connectivity index (χ3n) is 4.32. The number of hydrogen-bond donors (Lipinski definition) is 1. The SMILES string of the molecule is CCC1C(=O)NCCN1C(=O)c1ccc2c(c1)CCC2. The van der Waals surface area contributed by atoms with Gasteiger partial charge in [0.15, 0.2) is 0 Å². The molecule has 3 rings (SSSR count). The average Bonchev–Trinajstić information content (AvgIpc) is 2.93. The molecule has 0 spiro atoms. The maximum atomic E-state index is 12.7. The van der Waals surface area contributed by atoms with E-state index in [2.05, 4.69) is 11.4 Å². The zero-order chi connectivity index (χ0) is 14.1. The van der Waals surface area contributed by atoms with Gasteiger partial charge in [0.25, 0.3) is 5.91 Å². The summed E-state index contributed by atoms with van der Waals surface area (Å²) in [5.74, 6) is -0.0466. The third-order valence-corrected chi connectivity index (χ3v) is 4.32. The molecular weight excluding hydrogens is 252 g/mol. The molecule has 0 aromatic heterocycles. The van der Waals surface area contributed by atoms with Crippen molar-refractivity contribution in [3.63, 3.8) is 0 Å². The van der Waals surface area contributed by atoms with E-state index in [4.69, 9.17) is 0 Å². The Hall–Kier alpha value is -1.84. The van der Waals surface area contributed by atoms with Gasteiger partial charge in [-0.15, -0.1) is 0 Å². The number of hydrogen-bond acceptors (Lipinski definition) is 2. The van der Waals surface area contributed by atoms with Crippen LogP contribution in [0.2, 0.25) is 0 Å². The number of piperazine rings is 1. The van der Waals surface area contributed by atoms with Gasteiger partial charge < -0.3 is 10.2 Å². The molecule has 20 heavy (non-hydrogen) atoms. The van der Waals surface area contributed by atoms with Gasteiger partial charge in [0.2, 0.25) is 5.91 Å². The predicted molar refractivity (Wildman–Crippen MR) is 76.6 cm³/mol. The van der Waals surface area contributed by atoms with Gasteiger partial charge in [-0.1, -0.05) is 13.0 Å². The minimum atomic E-state index is -0.329. The van der Waals surface area contributed by atoms with Crippen LogP contribution in [0.3, 0.4) is 0 Å². The van der Waals surface area contributed by atoms with Crippen LogP contribution in [0.1, 0.15) is 41.3 Å². The Balaban J connectivity index is 1.86. The molecule has 1 fully saturated rings. The Morgan fingerprint density at radius 1 is 1.35 bits per heavy atom. The number of nitrogens with zero attached hydrogens (tertiary/aromatic N) is 1. The van der Waals surface area contributed by atoms with Crippen molar-refractivity contribution < 1.29 is 9.59 Å². The summed E-state index contributed by atoms with van der Waals surface area (Å²) >= 11 is 0. The lowest BCUT2D eigenvalue weighted by Gasteiger charge is -2.34. The summed E-state index contributed by atoms with van der Waals surface area (Å²) < 4.78 is 0. The van der Waals surface area contributed by atoms with Crippen LogP contribution in [-0.4, -0.2) is 35.8 Å². The van der Waals surface area contributed by atoms with E-state index in [-0.39, 0.29) is 17.9 Å². The lowest BCUT2D eigenvalue weighted by atomic mass is 10.0. The number of carbonyl (C=O) groups excluding carboxylic acids is 2. The topological polar surface area (TPSA) is 49.4 Å². The number of aryl methyl sites for hydroxylation is 2. The number of nitrogens with one attached hydrogen (secondary N) is 1. The van der Waals surface area contributed by atoms with Crippen molar-refractivity contribution in [2.24, 2.45) is 0 Å². The zero-order valence-corrected chi connectivity index (χ0v) is 11.8. The van der Waals surface area contributed by atoms with E-state index >= 15 is 0 Å². The molecule has 0 saturated carbocycles. The lowest BCUT2D eigenvalue weighted by molar-refractivity contribution is -0.127. The summed E-state index contributed by atoms with van der Waals surface area (Å²) in [6, 6.07) is 5.67. The Labute approximate surface area is 119 Å². The van der Waals surface area contributed by atoms with Gasteiger partial charge in [0, 0.05) is 18.7 Å². The standard InChI is InChI=1S/C16H20N2O2/c1-2-14-15(19)17-8-9-18(14)16(20)13-7-6-11-4-3-5-12(11)10-13/h6-7,10,14H,2-5,8-9H2,1H3,(H,17,19). The van der Waals surface area contributed by atoms with Gasteiger partial charge >= 0.3 is 0 Å². The minimum Gasteiger partial charge on any atom is -0.353 e. The highest BCUT2D eigenvalue weighted by Gasteiger charge is 2.32. The summed E-state index contributed by atoms with van der Waals surface area (Å²) in [5, 5.41) is 2.83. The van der Waals surface area contributed by atoms with Crippen LogP contribution >= 0.6 is 0 Å². The molecule has 1 unspecified atom stereocenters. The van der Waals surface area contributed by atoms with E-state index in [9.17, 15) is 9.59 Å². The van der Waals surface area contributed by atoms with Crippen LogP contribution in [0.5, 0.6) is 0 Å². The zero-order valence-electron chi connectivity index (χ0n) is 11.8. The first kappa shape index (κ1) is 13.2. The molecule has 4 nitrogen and oxygen atoms in total. The molecule has 1 aliphatic carbocycles. The first-order chi connectivity index (χ1) is 9.70. The Bertz CT molecular complexity index is 553. The molecule has 1 aromatic rings. The third kappa shape index (κ3) is 2.19. The summed E-state index contributed by atoms with van der Waals surface area (Å²) in [6.45, 7) is 3.09. The fourth-order valence-corrected chi connectivity index (χ4v) is 3.23. The molecule has 1 heterocycles. The Morgan fingerprint density at radius 3 is 2.95 bits per heavy atom. The smallest absolute Gasteiger partial charge is 0.254 e. The van der Waals surface area contributed by atoms with Crippen molar-refractivity contribution >= 4 is 11.8 Å². The normalized spacial score (nSPS) is 21.6. The first-order valence-corrected chi connectivity index (χ1v) is 7.41. The molecule has 1 aromatic carbocycles. The lowest BCUT2D eigenvalue weighted by Crippen LogP contribution is -2.56. The molecule has 1 atom stereocenters. The number of carbonyl (C=O) groups is 2. The van der Waals surface area contributed by atoms with E-state index in [0.29, 0.717) is 19.5 Å². The van der Waals surface area contributed by atoms with Gasteiger partial charge in [-0.05, 0) is 48.9 Å². The van der Waals surface area contributed by atoms with E-state index in [0.717, 1.165) is 18.4 Å². The molecule has 4 heteroatoms. The number of amides is 2. The highest BCUT2D eigenvalue weighted by Crippen LogP contribution is 2.24. The van der Waals surface area contributed by atoms with E-state index in [1.807, 2.05) is 19.1 Å². The van der Waals surface area contributed by atoms with Crippen molar-refractivity contribution in [2.75, 3.05) is 13.1 Å². The van der Waals surface area contributed by atoms with Crippen LogP contribution in [0.25, 0.3) is 0 Å². The highest BCUT2D eigenvalue weighted by atomic mass is 16.2. The van der Waals surface area contributed by atoms with E-state index < -0.39 is 0 Å². The van der Waals surface area contributed by atoms with E-state index in [1.54, 1.807) is 4.90 Å². The van der Waals surface area contributed by atoms with Gasteiger partial charge in [-0.3, -0.25) is 9.59 Å². The second kappa shape index (κ2) is 5.27. The van der Waals surface area contributed by atoms with Crippen LogP contribution in [0, 0.1) is 0 Å². The predicted octanol–water partition coefficient (Wildman–Crippen LogP) is 1.53. The van der Waals surface area contributed by atoms with Crippen LogP contribution in [0.4, 0.5) is 0 Å². The van der Waals surface area contributed by atoms with Gasteiger partial charge in [-0.25, -0.2) is 0 Å². The van der Waals surface area contributed by atoms with Gasteiger partial charge in [0.1, 0.15) is 6.04 Å². The molecule has 0 radical (unpaired) electrons. The number of fused-ring (bicyclic) bond motifs is 1. The van der Waals surface area contributed by atoms with Crippen molar-refractivity contribution in [2.45, 2.75) is 38.6 Å². The Kier molecular flexibility index (Phi) is 3.47. The Morgan fingerprint density at radius 2 is 2.15 bits per heavy atom. The monoisotopic (exact) mass is 272 g/mol. The summed E-state index contributed by atoms with van der Waals surface area (Å²) in [7, 11) is 0. The number of rotatable bonds is 2. The maximum Gasteiger partial charge on any atom is 0.254 e. The van der Waals surface area contributed by atoms with E-state index in [1.165, 1.54) is 17.5 Å². The summed E-state index contributed by atoms with van der Waals surface area (Å²) in [4.78, 5) is 26.2. The van der Waals surface area contributed by atoms with Crippen LogP contribution in [-0.2, 0) is 17.6 Å². The quantitative estimate of drug-likeness (QED) is 0.887. The molecule has 2 amide bonds. The second-order valence-electron chi connectivity index (χ2n) is 5.55. The fourth-order valence-electron chi connectivity index (χ4n) is 3.23. The van der Waals surface area contributed by atoms with Crippen molar-refractivity contribution in [3.05, 3.63) is 34.9 Å². The van der Waals surface area contributed by atoms with Gasteiger partial charge in [0.05, 0.1) is 0 Å². The average molecular weight is 272 g/mol. The second-order valence-corrected chi connectivity index (χ2v) is 5.55. The number of benzene rings is 1. The fraction of sp³-hybridized carbons (Fsp3) is 0.500. The van der Waals surface area contributed by atoms with Crippen molar-refractivity contribution in [1.29, 1.82) is 0 Å². The van der Waals surface area contributed by atoms with Crippen LogP contribution < -0.4 is 5.32 Å². The highest BCUT2D eigenvalue weighted by molar-refractivity contribution is 5.98. The minimum absolute atomic E-state index is 0.0126. The van der Waals surface area contributed by atoms with Crippen molar-refractivity contribution in [3.8, 4) is 0 Å². The molecule has 2 aliphatic rings. The largest absolute Gasteiger partial charge is 0.353 e. The summed E-state index contributed by atoms with van der Waals surface area (Å²) in [6.07, 6.45) is 4.01. The van der Waals surface area contributed by atoms with Crippen molar-refractivity contribution in [1.82, 2.24) is 10.2 Å². The molecule has 106 valence electrons. The molecule has 1 saturated heterocycles. The van der Waals surface area contributed by atoms with Crippen LogP contribution in [0.15, 0.2) is 18.2 Å².